The van der Waals surface area contributed by atoms with Gasteiger partial charge < -0.3 is 19.5 Å². The van der Waals surface area contributed by atoms with E-state index in [0.29, 0.717) is 6.61 Å². The van der Waals surface area contributed by atoms with Gasteiger partial charge >= 0.3 is 0 Å². The van der Waals surface area contributed by atoms with Crippen molar-refractivity contribution in [2.24, 2.45) is 0 Å². The first-order valence-electron chi connectivity index (χ1n) is 7.05. The van der Waals surface area contributed by atoms with Crippen molar-refractivity contribution in [1.82, 2.24) is 4.90 Å². The normalized spacial score (nSPS) is 12.0. The lowest BCUT2D eigenvalue weighted by Gasteiger charge is -2.20. The largest absolute Gasteiger partial charge is 0.493 e. The van der Waals surface area contributed by atoms with Crippen LogP contribution in [0.25, 0.3) is 0 Å². The fourth-order valence-corrected chi connectivity index (χ4v) is 2.12. The molecule has 0 saturated carbocycles. The summed E-state index contributed by atoms with van der Waals surface area (Å²) in [5.74, 6) is 0.781. The molecule has 0 heterocycles. The molecule has 0 fully saturated rings. The Balaban J connectivity index is 2.39. The SMILES string of the molecule is COCC(O)CN(C)C(=O)CCOc1c(C)cccc1C. The van der Waals surface area contributed by atoms with E-state index in [2.05, 4.69) is 0 Å². The van der Waals surface area contributed by atoms with E-state index in [9.17, 15) is 9.90 Å². The molecule has 1 unspecified atom stereocenters. The zero-order valence-corrected chi connectivity index (χ0v) is 13.3. The Hall–Kier alpha value is -1.59. The quantitative estimate of drug-likeness (QED) is 0.790. The van der Waals surface area contributed by atoms with E-state index < -0.39 is 6.10 Å². The maximum Gasteiger partial charge on any atom is 0.225 e. The van der Waals surface area contributed by atoms with Crippen LogP contribution in [0.4, 0.5) is 0 Å². The van der Waals surface area contributed by atoms with Crippen molar-refractivity contribution < 1.29 is 19.4 Å². The minimum Gasteiger partial charge on any atom is -0.493 e. The first-order chi connectivity index (χ1) is 9.95. The van der Waals surface area contributed by atoms with E-state index in [1.807, 2.05) is 32.0 Å². The molecule has 1 amide bonds. The lowest BCUT2D eigenvalue weighted by atomic mass is 10.1. The molecule has 0 bridgehead atoms. The van der Waals surface area contributed by atoms with Crippen molar-refractivity contribution >= 4 is 5.91 Å². The second kappa shape index (κ2) is 8.64. The van der Waals surface area contributed by atoms with Crippen LogP contribution in [0.5, 0.6) is 5.75 Å². The Bertz CT molecular complexity index is 441. The summed E-state index contributed by atoms with van der Waals surface area (Å²) in [5, 5.41) is 9.59. The molecule has 0 radical (unpaired) electrons. The molecule has 21 heavy (non-hydrogen) atoms. The number of amides is 1. The molecule has 1 atom stereocenters. The molecule has 0 aliphatic rings. The van der Waals surface area contributed by atoms with Crippen molar-refractivity contribution in [2.75, 3.05) is 33.9 Å². The third-order valence-corrected chi connectivity index (χ3v) is 3.24. The highest BCUT2D eigenvalue weighted by Gasteiger charge is 2.14. The van der Waals surface area contributed by atoms with E-state index in [1.54, 1.807) is 7.05 Å². The van der Waals surface area contributed by atoms with Crippen molar-refractivity contribution in [3.05, 3.63) is 29.3 Å². The summed E-state index contributed by atoms with van der Waals surface area (Å²) >= 11 is 0. The van der Waals surface area contributed by atoms with Crippen LogP contribution in [0.2, 0.25) is 0 Å². The van der Waals surface area contributed by atoms with Crippen LogP contribution in [0, 0.1) is 13.8 Å². The number of aliphatic hydroxyl groups is 1. The van der Waals surface area contributed by atoms with Gasteiger partial charge in [-0.1, -0.05) is 18.2 Å². The van der Waals surface area contributed by atoms with Gasteiger partial charge in [0.1, 0.15) is 5.75 Å². The lowest BCUT2D eigenvalue weighted by molar-refractivity contribution is -0.132. The smallest absolute Gasteiger partial charge is 0.225 e. The lowest BCUT2D eigenvalue weighted by Crippen LogP contribution is -2.36. The highest BCUT2D eigenvalue weighted by Crippen LogP contribution is 2.22. The molecule has 0 aliphatic carbocycles. The number of hydrogen-bond donors (Lipinski definition) is 1. The highest BCUT2D eigenvalue weighted by molar-refractivity contribution is 5.76. The Labute approximate surface area is 126 Å². The average Bonchev–Trinajstić information content (AvgIpc) is 2.42. The maximum absolute atomic E-state index is 11.9. The number of nitrogens with zero attached hydrogens (tertiary/aromatic N) is 1. The number of para-hydroxylation sites is 1. The van der Waals surface area contributed by atoms with Crippen LogP contribution in [-0.2, 0) is 9.53 Å². The van der Waals surface area contributed by atoms with Crippen LogP contribution in [0.3, 0.4) is 0 Å². The van der Waals surface area contributed by atoms with Gasteiger partial charge in [0, 0.05) is 20.7 Å². The van der Waals surface area contributed by atoms with E-state index in [1.165, 1.54) is 12.0 Å². The van der Waals surface area contributed by atoms with Gasteiger partial charge in [-0.3, -0.25) is 4.79 Å². The molecular weight excluding hydrogens is 270 g/mol. The zero-order valence-electron chi connectivity index (χ0n) is 13.3. The molecule has 1 N–H and O–H groups in total. The Morgan fingerprint density at radius 3 is 2.52 bits per heavy atom. The topological polar surface area (TPSA) is 59.0 Å². The van der Waals surface area contributed by atoms with Crippen LogP contribution in [-0.4, -0.2) is 55.9 Å². The van der Waals surface area contributed by atoms with Crippen LogP contribution in [0.1, 0.15) is 17.5 Å². The summed E-state index contributed by atoms with van der Waals surface area (Å²) in [4.78, 5) is 13.4. The third kappa shape index (κ3) is 5.73. The van der Waals surface area contributed by atoms with E-state index in [-0.39, 0.29) is 25.5 Å². The summed E-state index contributed by atoms with van der Waals surface area (Å²) in [7, 11) is 3.18. The highest BCUT2D eigenvalue weighted by atomic mass is 16.5. The number of aliphatic hydroxyl groups excluding tert-OH is 1. The molecule has 0 aliphatic heterocycles. The Morgan fingerprint density at radius 2 is 1.95 bits per heavy atom. The molecule has 1 aromatic rings. The molecule has 0 saturated heterocycles. The van der Waals surface area contributed by atoms with Crippen LogP contribution >= 0.6 is 0 Å². The minimum absolute atomic E-state index is 0.0589. The summed E-state index contributed by atoms with van der Waals surface area (Å²) in [6, 6.07) is 5.95. The number of carbonyl (C=O) groups excluding carboxylic acids is 1. The van der Waals surface area contributed by atoms with Gasteiger partial charge in [0.2, 0.25) is 5.91 Å². The second-order valence-corrected chi connectivity index (χ2v) is 5.20. The molecular formula is C16H25NO4. The fourth-order valence-electron chi connectivity index (χ4n) is 2.12. The first-order valence-corrected chi connectivity index (χ1v) is 7.05. The molecule has 118 valence electrons. The number of benzene rings is 1. The number of carbonyl (C=O) groups is 1. The van der Waals surface area contributed by atoms with Crippen molar-refractivity contribution in [1.29, 1.82) is 0 Å². The number of aryl methyl sites for hydroxylation is 2. The van der Waals surface area contributed by atoms with E-state index in [4.69, 9.17) is 9.47 Å². The summed E-state index contributed by atoms with van der Waals surface area (Å²) in [6.07, 6.45) is -0.382. The van der Waals surface area contributed by atoms with Crippen molar-refractivity contribution in [3.8, 4) is 5.75 Å². The summed E-state index contributed by atoms with van der Waals surface area (Å²) < 4.78 is 10.5. The first kappa shape index (κ1) is 17.5. The average molecular weight is 295 g/mol. The number of hydrogen-bond acceptors (Lipinski definition) is 4. The van der Waals surface area contributed by atoms with Gasteiger partial charge in [-0.2, -0.15) is 0 Å². The minimum atomic E-state index is -0.663. The number of likely N-dealkylation sites (N-methyl/N-ethyl adjacent to an activating group) is 1. The Morgan fingerprint density at radius 1 is 1.33 bits per heavy atom. The van der Waals surface area contributed by atoms with Crippen molar-refractivity contribution in [2.45, 2.75) is 26.4 Å². The predicted octanol–water partition coefficient (Wildman–Crippen LogP) is 1.54. The third-order valence-electron chi connectivity index (χ3n) is 3.24. The van der Waals surface area contributed by atoms with E-state index >= 15 is 0 Å². The summed E-state index contributed by atoms with van der Waals surface area (Å²) in [6.45, 7) is 4.77. The molecule has 1 aromatic carbocycles. The van der Waals surface area contributed by atoms with Gasteiger partial charge in [-0.05, 0) is 25.0 Å². The second-order valence-electron chi connectivity index (χ2n) is 5.20. The van der Waals surface area contributed by atoms with E-state index in [0.717, 1.165) is 16.9 Å². The summed E-state index contributed by atoms with van der Waals surface area (Å²) in [5.41, 5.74) is 2.12. The van der Waals surface area contributed by atoms with Crippen LogP contribution < -0.4 is 4.74 Å². The fraction of sp³-hybridized carbons (Fsp3) is 0.562. The number of methoxy groups -OCH3 is 1. The predicted molar refractivity (Wildman–Crippen MR) is 81.5 cm³/mol. The molecule has 0 spiro atoms. The monoisotopic (exact) mass is 295 g/mol. The standard InChI is InChI=1S/C16H25NO4/c1-12-6-5-7-13(2)16(12)21-9-8-15(19)17(3)10-14(18)11-20-4/h5-7,14,18H,8-11H2,1-4H3. The Kier molecular flexibility index (Phi) is 7.19. The molecule has 5 heteroatoms. The molecule has 1 rings (SSSR count). The maximum atomic E-state index is 11.9. The van der Waals surface area contributed by atoms with Crippen molar-refractivity contribution in [3.63, 3.8) is 0 Å². The van der Waals surface area contributed by atoms with Gasteiger partial charge in [-0.25, -0.2) is 0 Å². The molecule has 5 nitrogen and oxygen atoms in total. The van der Waals surface area contributed by atoms with Gasteiger partial charge in [0.05, 0.1) is 25.7 Å². The van der Waals surface area contributed by atoms with Gasteiger partial charge in [0.15, 0.2) is 0 Å². The van der Waals surface area contributed by atoms with Crippen LogP contribution in [0.15, 0.2) is 18.2 Å². The number of ether oxygens (including phenoxy) is 2. The molecule has 0 aromatic heterocycles. The zero-order chi connectivity index (χ0) is 15.8. The van der Waals surface area contributed by atoms with Gasteiger partial charge in [-0.15, -0.1) is 0 Å². The van der Waals surface area contributed by atoms with Gasteiger partial charge in [0.25, 0.3) is 0 Å². The number of rotatable bonds is 8.